The van der Waals surface area contributed by atoms with Gasteiger partial charge in [-0.25, -0.2) is 0 Å². The molecular formula is C11H15NO. The fourth-order valence-corrected chi connectivity index (χ4v) is 1.55. The Bertz CT molecular complexity index is 263. The van der Waals surface area contributed by atoms with Gasteiger partial charge in [-0.05, 0) is 19.4 Å². The molecule has 0 bridgehead atoms. The highest BCUT2D eigenvalue weighted by molar-refractivity contribution is 5.18. The third kappa shape index (κ3) is 1.74. The van der Waals surface area contributed by atoms with Crippen LogP contribution in [0, 0.1) is 0 Å². The Morgan fingerprint density at radius 3 is 2.38 bits per heavy atom. The molecule has 1 aromatic carbocycles. The van der Waals surface area contributed by atoms with Crippen molar-refractivity contribution in [1.82, 2.24) is 5.32 Å². The Morgan fingerprint density at radius 1 is 1.15 bits per heavy atom. The van der Waals surface area contributed by atoms with Crippen LogP contribution in [0.15, 0.2) is 30.3 Å². The van der Waals surface area contributed by atoms with E-state index in [1.807, 2.05) is 18.2 Å². The molecule has 1 heterocycles. The van der Waals surface area contributed by atoms with E-state index in [1.54, 1.807) is 0 Å². The summed E-state index contributed by atoms with van der Waals surface area (Å²) in [6.45, 7) is 4.24. The van der Waals surface area contributed by atoms with Gasteiger partial charge in [0.05, 0.1) is 6.10 Å². The van der Waals surface area contributed by atoms with Gasteiger partial charge in [0, 0.05) is 6.04 Å². The zero-order valence-corrected chi connectivity index (χ0v) is 8.03. The van der Waals surface area contributed by atoms with Crippen molar-refractivity contribution in [2.24, 2.45) is 0 Å². The Kier molecular flexibility index (Phi) is 2.34. The number of benzene rings is 1. The van der Waals surface area contributed by atoms with Crippen LogP contribution in [0.2, 0.25) is 0 Å². The molecule has 2 heteroatoms. The van der Waals surface area contributed by atoms with E-state index in [2.05, 4.69) is 31.3 Å². The predicted octanol–water partition coefficient (Wildman–Crippen LogP) is 2.08. The van der Waals surface area contributed by atoms with Crippen LogP contribution < -0.4 is 5.32 Å². The van der Waals surface area contributed by atoms with Crippen molar-refractivity contribution in [3.8, 4) is 0 Å². The van der Waals surface area contributed by atoms with E-state index >= 15 is 0 Å². The van der Waals surface area contributed by atoms with Gasteiger partial charge in [-0.3, -0.25) is 5.32 Å². The summed E-state index contributed by atoms with van der Waals surface area (Å²) in [5.74, 6) is 0. The highest BCUT2D eigenvalue weighted by atomic mass is 16.5. The molecule has 0 aromatic heterocycles. The quantitative estimate of drug-likeness (QED) is 0.709. The molecule has 70 valence electrons. The van der Waals surface area contributed by atoms with Crippen molar-refractivity contribution in [3.05, 3.63) is 35.9 Å². The maximum absolute atomic E-state index is 5.75. The summed E-state index contributed by atoms with van der Waals surface area (Å²) in [6.07, 6.45) is 0.372. The average molecular weight is 177 g/mol. The lowest BCUT2D eigenvalue weighted by molar-refractivity contribution is 0.0475. The maximum Gasteiger partial charge on any atom is 0.135 e. The maximum atomic E-state index is 5.75. The molecule has 1 aromatic rings. The Hall–Kier alpha value is -0.860. The fraction of sp³-hybridized carbons (Fsp3) is 0.455. The average Bonchev–Trinajstić information content (AvgIpc) is 2.49. The van der Waals surface area contributed by atoms with E-state index < -0.39 is 0 Å². The van der Waals surface area contributed by atoms with Crippen LogP contribution in [0.25, 0.3) is 0 Å². The SMILES string of the molecule is CC1NC(c2ccccc2)OC1C. The molecule has 1 aliphatic heterocycles. The largest absolute Gasteiger partial charge is 0.355 e. The summed E-state index contributed by atoms with van der Waals surface area (Å²) in [6, 6.07) is 10.7. The van der Waals surface area contributed by atoms with E-state index in [-0.39, 0.29) is 6.23 Å². The molecule has 2 rings (SSSR count). The van der Waals surface area contributed by atoms with E-state index in [0.29, 0.717) is 12.1 Å². The van der Waals surface area contributed by atoms with Gasteiger partial charge >= 0.3 is 0 Å². The van der Waals surface area contributed by atoms with Crippen molar-refractivity contribution in [2.45, 2.75) is 32.2 Å². The second-order valence-corrected chi connectivity index (χ2v) is 3.59. The molecule has 0 radical (unpaired) electrons. The fourth-order valence-electron chi connectivity index (χ4n) is 1.55. The Balaban J connectivity index is 2.12. The molecule has 0 spiro atoms. The van der Waals surface area contributed by atoms with Crippen LogP contribution >= 0.6 is 0 Å². The van der Waals surface area contributed by atoms with Gasteiger partial charge in [0.1, 0.15) is 6.23 Å². The molecule has 3 unspecified atom stereocenters. The second-order valence-electron chi connectivity index (χ2n) is 3.59. The van der Waals surface area contributed by atoms with Gasteiger partial charge < -0.3 is 4.74 Å². The number of nitrogens with one attached hydrogen (secondary N) is 1. The first kappa shape index (κ1) is 8.73. The van der Waals surface area contributed by atoms with Gasteiger partial charge in [0.15, 0.2) is 0 Å². The van der Waals surface area contributed by atoms with E-state index in [4.69, 9.17) is 4.74 Å². The Labute approximate surface area is 78.9 Å². The molecule has 3 atom stereocenters. The monoisotopic (exact) mass is 177 g/mol. The van der Waals surface area contributed by atoms with Crippen molar-refractivity contribution in [1.29, 1.82) is 0 Å². The zero-order chi connectivity index (χ0) is 9.26. The standard InChI is InChI=1S/C11H15NO/c1-8-9(2)13-11(12-8)10-6-4-3-5-7-10/h3-9,11-12H,1-2H3. The van der Waals surface area contributed by atoms with Crippen molar-refractivity contribution >= 4 is 0 Å². The number of hydrogen-bond donors (Lipinski definition) is 1. The highest BCUT2D eigenvalue weighted by Gasteiger charge is 2.28. The van der Waals surface area contributed by atoms with E-state index in [1.165, 1.54) is 5.56 Å². The van der Waals surface area contributed by atoms with Crippen LogP contribution in [-0.2, 0) is 4.74 Å². The molecule has 13 heavy (non-hydrogen) atoms. The van der Waals surface area contributed by atoms with Crippen LogP contribution in [0.3, 0.4) is 0 Å². The van der Waals surface area contributed by atoms with E-state index in [9.17, 15) is 0 Å². The molecule has 0 amide bonds. The summed E-state index contributed by atoms with van der Waals surface area (Å²) in [4.78, 5) is 0. The van der Waals surface area contributed by atoms with Gasteiger partial charge in [-0.1, -0.05) is 30.3 Å². The van der Waals surface area contributed by atoms with Crippen molar-refractivity contribution in [3.63, 3.8) is 0 Å². The van der Waals surface area contributed by atoms with E-state index in [0.717, 1.165) is 0 Å². The zero-order valence-electron chi connectivity index (χ0n) is 8.03. The van der Waals surface area contributed by atoms with Crippen LogP contribution in [0.1, 0.15) is 25.6 Å². The Morgan fingerprint density at radius 2 is 1.85 bits per heavy atom. The second kappa shape index (κ2) is 3.48. The van der Waals surface area contributed by atoms with Gasteiger partial charge in [-0.15, -0.1) is 0 Å². The number of hydrogen-bond acceptors (Lipinski definition) is 2. The van der Waals surface area contributed by atoms with Crippen LogP contribution in [0.4, 0.5) is 0 Å². The molecule has 0 aliphatic carbocycles. The van der Waals surface area contributed by atoms with Crippen LogP contribution in [0.5, 0.6) is 0 Å². The van der Waals surface area contributed by atoms with Crippen LogP contribution in [-0.4, -0.2) is 12.1 Å². The topological polar surface area (TPSA) is 21.3 Å². The van der Waals surface area contributed by atoms with Crippen molar-refractivity contribution in [2.75, 3.05) is 0 Å². The minimum absolute atomic E-state index is 0.0752. The molecule has 1 N–H and O–H groups in total. The first-order valence-corrected chi connectivity index (χ1v) is 4.74. The number of rotatable bonds is 1. The third-order valence-electron chi connectivity index (χ3n) is 2.57. The molecule has 1 fully saturated rings. The van der Waals surface area contributed by atoms with Gasteiger partial charge in [-0.2, -0.15) is 0 Å². The lowest BCUT2D eigenvalue weighted by Gasteiger charge is -2.10. The van der Waals surface area contributed by atoms with Crippen molar-refractivity contribution < 1.29 is 4.74 Å². The van der Waals surface area contributed by atoms with Gasteiger partial charge in [0.2, 0.25) is 0 Å². The molecule has 2 nitrogen and oxygen atoms in total. The molecular weight excluding hydrogens is 162 g/mol. The molecule has 1 aliphatic rings. The summed E-state index contributed by atoms with van der Waals surface area (Å²) in [7, 11) is 0. The summed E-state index contributed by atoms with van der Waals surface area (Å²) in [5, 5.41) is 3.40. The summed E-state index contributed by atoms with van der Waals surface area (Å²) in [5.41, 5.74) is 1.21. The molecule has 0 saturated carbocycles. The third-order valence-corrected chi connectivity index (χ3v) is 2.57. The molecule has 1 saturated heterocycles. The number of ether oxygens (including phenoxy) is 1. The lowest BCUT2D eigenvalue weighted by Crippen LogP contribution is -2.25. The summed E-state index contributed by atoms with van der Waals surface area (Å²) < 4.78 is 5.75. The summed E-state index contributed by atoms with van der Waals surface area (Å²) >= 11 is 0. The smallest absolute Gasteiger partial charge is 0.135 e. The van der Waals surface area contributed by atoms with Gasteiger partial charge in [0.25, 0.3) is 0 Å². The minimum atomic E-state index is 0.0752. The lowest BCUT2D eigenvalue weighted by atomic mass is 10.2. The first-order valence-electron chi connectivity index (χ1n) is 4.74. The normalized spacial score (nSPS) is 33.5. The highest BCUT2D eigenvalue weighted by Crippen LogP contribution is 2.23. The minimum Gasteiger partial charge on any atom is -0.355 e. The first-order chi connectivity index (χ1) is 6.27. The predicted molar refractivity (Wildman–Crippen MR) is 52.3 cm³/mol.